The highest BCUT2D eigenvalue weighted by Gasteiger charge is 2.15. The maximum Gasteiger partial charge on any atom is 0.226 e. The molecule has 0 bridgehead atoms. The summed E-state index contributed by atoms with van der Waals surface area (Å²) in [5, 5.41) is 5.85. The van der Waals surface area contributed by atoms with Gasteiger partial charge in [0.25, 0.3) is 0 Å². The van der Waals surface area contributed by atoms with E-state index in [-0.39, 0.29) is 12.3 Å². The van der Waals surface area contributed by atoms with Crippen molar-refractivity contribution in [1.29, 1.82) is 0 Å². The van der Waals surface area contributed by atoms with Gasteiger partial charge in [-0.25, -0.2) is 4.98 Å². The van der Waals surface area contributed by atoms with E-state index in [2.05, 4.69) is 51.3 Å². The van der Waals surface area contributed by atoms with E-state index < -0.39 is 0 Å². The maximum absolute atomic E-state index is 12.3. The summed E-state index contributed by atoms with van der Waals surface area (Å²) < 4.78 is 0.745. The number of carbonyl (C=O) groups excluding carboxylic acids is 1. The number of likely N-dealkylation sites (N-methyl/N-ethyl adjacent to an activating group) is 1. The first kappa shape index (κ1) is 22.4. The minimum atomic E-state index is -0.0149. The number of hydrogen-bond acceptors (Lipinski definition) is 6. The number of piperazine rings is 1. The van der Waals surface area contributed by atoms with E-state index >= 15 is 0 Å². The fourth-order valence-corrected chi connectivity index (χ4v) is 5.58. The van der Waals surface area contributed by atoms with E-state index in [1.165, 1.54) is 16.9 Å². The minimum Gasteiger partial charge on any atom is -0.352 e. The summed E-state index contributed by atoms with van der Waals surface area (Å²) in [7, 11) is 0. The number of nitrogens with zero attached hydrogens (tertiary/aromatic N) is 3. The lowest BCUT2D eigenvalue weighted by atomic mass is 10.1. The monoisotopic (exact) mass is 474 g/mol. The van der Waals surface area contributed by atoms with Gasteiger partial charge in [0.05, 0.1) is 21.3 Å². The van der Waals surface area contributed by atoms with Gasteiger partial charge in [0.1, 0.15) is 5.01 Å². The van der Waals surface area contributed by atoms with Crippen LogP contribution in [0.4, 0.5) is 0 Å². The van der Waals surface area contributed by atoms with Gasteiger partial charge in [-0.2, -0.15) is 0 Å². The Morgan fingerprint density at radius 1 is 1.06 bits per heavy atom. The molecule has 0 spiro atoms. The van der Waals surface area contributed by atoms with Crippen LogP contribution in [-0.2, 0) is 24.3 Å². The van der Waals surface area contributed by atoms with E-state index in [4.69, 9.17) is 11.6 Å². The molecule has 0 radical (unpaired) electrons. The maximum atomic E-state index is 12.3. The van der Waals surface area contributed by atoms with Crippen molar-refractivity contribution >= 4 is 40.2 Å². The lowest BCUT2D eigenvalue weighted by Gasteiger charge is -2.34. The molecule has 1 fully saturated rings. The molecule has 2 aromatic heterocycles. The number of rotatable bonds is 8. The summed E-state index contributed by atoms with van der Waals surface area (Å²) in [6.45, 7) is 9.46. The number of nitrogens with one attached hydrogen (secondary N) is 1. The number of halogens is 1. The van der Waals surface area contributed by atoms with Crippen LogP contribution < -0.4 is 5.32 Å². The number of thiophene rings is 1. The molecule has 8 heteroatoms. The van der Waals surface area contributed by atoms with Gasteiger partial charge in [-0.05, 0) is 29.8 Å². The third kappa shape index (κ3) is 6.37. The molecule has 0 saturated carbocycles. The van der Waals surface area contributed by atoms with E-state index in [9.17, 15) is 4.79 Å². The largest absolute Gasteiger partial charge is 0.352 e. The van der Waals surface area contributed by atoms with E-state index in [0.717, 1.165) is 64.7 Å². The Balaban J connectivity index is 1.22. The van der Waals surface area contributed by atoms with Crippen LogP contribution in [0.15, 0.2) is 41.8 Å². The van der Waals surface area contributed by atoms with Crippen LogP contribution in [0.5, 0.6) is 0 Å². The molecular weight excluding hydrogens is 448 g/mol. The SMILES string of the molecule is CCN1CCN(Cc2ccc(CNC(=O)Cc3csc(-c4ccc(Cl)s4)n3)cc2)CC1. The summed E-state index contributed by atoms with van der Waals surface area (Å²) in [5.74, 6) is -0.0149. The van der Waals surface area contributed by atoms with Crippen LogP contribution >= 0.6 is 34.3 Å². The van der Waals surface area contributed by atoms with Gasteiger partial charge in [0.15, 0.2) is 0 Å². The summed E-state index contributed by atoms with van der Waals surface area (Å²) in [6.07, 6.45) is 0.289. The fraction of sp³-hybridized carbons (Fsp3) is 0.391. The Morgan fingerprint density at radius 2 is 1.77 bits per heavy atom. The fourth-order valence-electron chi connectivity index (χ4n) is 3.64. The highest BCUT2D eigenvalue weighted by molar-refractivity contribution is 7.23. The van der Waals surface area contributed by atoms with Gasteiger partial charge in [0, 0.05) is 44.6 Å². The van der Waals surface area contributed by atoms with Gasteiger partial charge in [-0.1, -0.05) is 42.8 Å². The number of hydrogen-bond donors (Lipinski definition) is 1. The Bertz CT molecular complexity index is 993. The molecule has 0 atom stereocenters. The van der Waals surface area contributed by atoms with Crippen molar-refractivity contribution in [2.45, 2.75) is 26.4 Å². The Labute approximate surface area is 196 Å². The Hall–Kier alpha value is -1.77. The summed E-state index contributed by atoms with van der Waals surface area (Å²) in [4.78, 5) is 22.9. The topological polar surface area (TPSA) is 48.5 Å². The molecule has 1 aromatic carbocycles. The van der Waals surface area contributed by atoms with Crippen molar-refractivity contribution in [3.63, 3.8) is 0 Å². The molecule has 4 rings (SSSR count). The lowest BCUT2D eigenvalue weighted by Crippen LogP contribution is -2.45. The predicted octanol–water partition coefficient (Wildman–Crippen LogP) is 4.52. The first-order valence-corrected chi connectivity index (χ1v) is 12.7. The average Bonchev–Trinajstić information content (AvgIpc) is 3.43. The van der Waals surface area contributed by atoms with Crippen molar-refractivity contribution < 1.29 is 4.79 Å². The zero-order valence-corrected chi connectivity index (χ0v) is 20.0. The molecule has 164 valence electrons. The van der Waals surface area contributed by atoms with Crippen LogP contribution in [0.25, 0.3) is 9.88 Å². The van der Waals surface area contributed by atoms with Gasteiger partial charge in [-0.3, -0.25) is 9.69 Å². The molecule has 31 heavy (non-hydrogen) atoms. The molecule has 1 aliphatic heterocycles. The van der Waals surface area contributed by atoms with Crippen molar-refractivity contribution in [3.05, 3.63) is 62.9 Å². The van der Waals surface area contributed by atoms with Crippen molar-refractivity contribution in [2.75, 3.05) is 32.7 Å². The average molecular weight is 475 g/mol. The zero-order chi connectivity index (χ0) is 21.6. The molecular formula is C23H27ClN4OS2. The number of aromatic nitrogens is 1. The number of carbonyl (C=O) groups is 1. The van der Waals surface area contributed by atoms with Gasteiger partial charge in [-0.15, -0.1) is 22.7 Å². The number of benzene rings is 1. The summed E-state index contributed by atoms with van der Waals surface area (Å²) in [5.41, 5.74) is 3.23. The number of thiazole rings is 1. The summed E-state index contributed by atoms with van der Waals surface area (Å²) in [6, 6.07) is 12.4. The second kappa shape index (κ2) is 10.7. The molecule has 3 heterocycles. The minimum absolute atomic E-state index is 0.0149. The van der Waals surface area contributed by atoms with Crippen LogP contribution in [0, 0.1) is 0 Å². The predicted molar refractivity (Wildman–Crippen MR) is 130 cm³/mol. The van der Waals surface area contributed by atoms with Crippen molar-refractivity contribution in [2.24, 2.45) is 0 Å². The third-order valence-corrected chi connectivity index (χ3v) is 7.80. The van der Waals surface area contributed by atoms with Gasteiger partial charge < -0.3 is 10.2 Å². The second-order valence-electron chi connectivity index (χ2n) is 7.73. The van der Waals surface area contributed by atoms with E-state index in [1.54, 1.807) is 11.3 Å². The molecule has 3 aromatic rings. The lowest BCUT2D eigenvalue weighted by molar-refractivity contribution is -0.120. The van der Waals surface area contributed by atoms with Crippen LogP contribution in [0.1, 0.15) is 23.7 Å². The first-order chi connectivity index (χ1) is 15.1. The van der Waals surface area contributed by atoms with Gasteiger partial charge in [0.2, 0.25) is 5.91 Å². The van der Waals surface area contributed by atoms with Crippen LogP contribution in [0.2, 0.25) is 4.34 Å². The quantitative estimate of drug-likeness (QED) is 0.521. The first-order valence-electron chi connectivity index (χ1n) is 10.6. The summed E-state index contributed by atoms with van der Waals surface area (Å²) >= 11 is 9.04. The molecule has 1 saturated heterocycles. The van der Waals surface area contributed by atoms with Crippen LogP contribution in [-0.4, -0.2) is 53.4 Å². The normalized spacial score (nSPS) is 15.3. The molecule has 0 unspecified atom stereocenters. The number of amides is 1. The molecule has 5 nitrogen and oxygen atoms in total. The van der Waals surface area contributed by atoms with E-state index in [0.29, 0.717) is 6.54 Å². The Morgan fingerprint density at radius 3 is 2.45 bits per heavy atom. The van der Waals surface area contributed by atoms with Crippen molar-refractivity contribution in [3.8, 4) is 9.88 Å². The molecule has 1 amide bonds. The van der Waals surface area contributed by atoms with E-state index in [1.807, 2.05) is 17.5 Å². The highest BCUT2D eigenvalue weighted by Crippen LogP contribution is 2.32. The molecule has 1 N–H and O–H groups in total. The van der Waals surface area contributed by atoms with Gasteiger partial charge >= 0.3 is 0 Å². The van der Waals surface area contributed by atoms with Crippen LogP contribution in [0.3, 0.4) is 0 Å². The second-order valence-corrected chi connectivity index (χ2v) is 10.3. The zero-order valence-electron chi connectivity index (χ0n) is 17.6. The molecule has 1 aliphatic rings. The third-order valence-electron chi connectivity index (χ3n) is 5.51. The van der Waals surface area contributed by atoms with Crippen molar-refractivity contribution in [1.82, 2.24) is 20.1 Å². The Kier molecular flexibility index (Phi) is 7.74. The standard InChI is InChI=1S/C23H27ClN4OS2/c1-2-27-9-11-28(12-10-27)15-18-5-3-17(4-6-18)14-25-22(29)13-19-16-30-23(26-19)20-7-8-21(24)31-20/h3-8,16H,2,9-15H2,1H3,(H,25,29). The highest BCUT2D eigenvalue weighted by atomic mass is 35.5. The molecule has 0 aliphatic carbocycles. The smallest absolute Gasteiger partial charge is 0.226 e.